The minimum absolute atomic E-state index is 0.0380. The molecule has 0 unspecified atom stereocenters. The van der Waals surface area contributed by atoms with Crippen LogP contribution in [-0.4, -0.2) is 39.9 Å². The van der Waals surface area contributed by atoms with Crippen LogP contribution in [0.4, 0.5) is 0 Å². The third-order valence-corrected chi connectivity index (χ3v) is 7.31. The summed E-state index contributed by atoms with van der Waals surface area (Å²) in [5, 5.41) is 5.51. The number of pyridine rings is 1. The zero-order valence-electron chi connectivity index (χ0n) is 16.0. The summed E-state index contributed by atoms with van der Waals surface area (Å²) in [6, 6.07) is 6.29. The van der Waals surface area contributed by atoms with Gasteiger partial charge in [-0.1, -0.05) is 6.07 Å². The molecule has 3 heterocycles. The summed E-state index contributed by atoms with van der Waals surface area (Å²) in [6.45, 7) is -0.0315. The normalized spacial score (nSPS) is 15.7. The molecule has 0 atom stereocenters. The van der Waals surface area contributed by atoms with Gasteiger partial charge in [0.2, 0.25) is 20.0 Å². The lowest BCUT2D eigenvalue weighted by atomic mass is 9.99. The van der Waals surface area contributed by atoms with Crippen LogP contribution >= 0.6 is 0 Å². The highest BCUT2D eigenvalue weighted by Gasteiger charge is 2.34. The summed E-state index contributed by atoms with van der Waals surface area (Å²) in [5.74, 6) is 0. The number of primary sulfonamides is 1. The van der Waals surface area contributed by atoms with Crippen LogP contribution < -0.4 is 37.5 Å². The van der Waals surface area contributed by atoms with Crippen LogP contribution in [0.3, 0.4) is 0 Å². The van der Waals surface area contributed by atoms with E-state index in [1.165, 1.54) is 12.1 Å². The fourth-order valence-electron chi connectivity index (χ4n) is 3.37. The van der Waals surface area contributed by atoms with Crippen molar-refractivity contribution in [1.29, 1.82) is 0 Å². The van der Waals surface area contributed by atoms with Crippen molar-refractivity contribution in [3.05, 3.63) is 42.2 Å². The minimum Gasteiger partial charge on any atom is -0.360 e. The lowest BCUT2D eigenvalue weighted by Crippen LogP contribution is -2.33. The average Bonchev–Trinajstić information content (AvgIpc) is 3.41. The summed E-state index contributed by atoms with van der Waals surface area (Å²) >= 11 is 0. The Morgan fingerprint density at radius 3 is 2.52 bits per heavy atom. The summed E-state index contributed by atoms with van der Waals surface area (Å²) in [4.78, 5) is 6.38. The monoisotopic (exact) mass is 467 g/mol. The molecule has 0 amide bonds. The predicted octanol–water partition coefficient (Wildman–Crippen LogP) is -1.77. The molecule has 10 N–H and O–H groups in total. The molecule has 31 heavy (non-hydrogen) atoms. The maximum atomic E-state index is 12.8. The van der Waals surface area contributed by atoms with Crippen molar-refractivity contribution in [2.75, 3.05) is 13.1 Å². The van der Waals surface area contributed by atoms with Crippen molar-refractivity contribution in [1.82, 2.24) is 36.6 Å². The smallest absolute Gasteiger partial charge is 0.241 e. The molecule has 15 heteroatoms. The second kappa shape index (κ2) is 8.23. The van der Waals surface area contributed by atoms with Crippen molar-refractivity contribution in [2.24, 2.45) is 10.9 Å². The van der Waals surface area contributed by atoms with E-state index in [4.69, 9.17) is 10.9 Å². The number of sulfonamides is 2. The van der Waals surface area contributed by atoms with Crippen molar-refractivity contribution in [3.63, 3.8) is 0 Å². The number of hydrazine groups is 3. The molecule has 13 nitrogen and oxygen atoms in total. The van der Waals surface area contributed by atoms with E-state index in [1.54, 1.807) is 24.5 Å². The third-order valence-electron chi connectivity index (χ3n) is 4.66. The molecule has 1 aromatic carbocycles. The van der Waals surface area contributed by atoms with Gasteiger partial charge in [-0.05, 0) is 23.8 Å². The van der Waals surface area contributed by atoms with E-state index < -0.39 is 36.0 Å². The van der Waals surface area contributed by atoms with E-state index in [0.29, 0.717) is 11.1 Å². The van der Waals surface area contributed by atoms with E-state index in [0.717, 1.165) is 11.0 Å². The maximum absolute atomic E-state index is 12.8. The maximum Gasteiger partial charge on any atom is 0.241 e. The molecule has 2 aromatic heterocycles. The highest BCUT2D eigenvalue weighted by molar-refractivity contribution is 7.92. The molecule has 1 aliphatic heterocycles. The summed E-state index contributed by atoms with van der Waals surface area (Å²) < 4.78 is 53.2. The number of hydrogen-bond donors (Lipinski definition) is 8. The highest BCUT2D eigenvalue weighted by atomic mass is 32.2. The second-order valence-corrected chi connectivity index (χ2v) is 9.93. The number of benzene rings is 1. The van der Waals surface area contributed by atoms with Gasteiger partial charge < -0.3 is 10.7 Å². The van der Waals surface area contributed by atoms with Crippen LogP contribution in [-0.2, 0) is 20.0 Å². The van der Waals surface area contributed by atoms with Crippen LogP contribution in [0.25, 0.3) is 22.2 Å². The van der Waals surface area contributed by atoms with Crippen molar-refractivity contribution >= 4 is 31.1 Å². The fourth-order valence-corrected chi connectivity index (χ4v) is 6.08. The molecule has 1 saturated heterocycles. The first-order valence-electron chi connectivity index (χ1n) is 9.06. The Hall–Kier alpha value is -2.47. The standard InChI is InChI=1S/C16H21N9O4S2/c17-4-6-21-31(28,29)13-2-1-10(9-7-12-11(20-8-9)3-5-19-12)14(15(13)30(18,26)27)16-22-24-25-23-16/h1-3,5,7-8,16,19,21-25H,4,6,17H2,(H2,18,26,27). The molecule has 1 aliphatic rings. The van der Waals surface area contributed by atoms with Crippen molar-refractivity contribution in [3.8, 4) is 11.1 Å². The van der Waals surface area contributed by atoms with Gasteiger partial charge in [0.1, 0.15) is 16.0 Å². The molecule has 0 spiro atoms. The Morgan fingerprint density at radius 1 is 1.10 bits per heavy atom. The van der Waals surface area contributed by atoms with Crippen LogP contribution in [0.1, 0.15) is 11.7 Å². The lowest BCUT2D eigenvalue weighted by molar-refractivity contribution is 0.533. The fraction of sp³-hybridized carbons (Fsp3) is 0.188. The number of nitrogens with two attached hydrogens (primary N) is 2. The number of aromatic nitrogens is 2. The SMILES string of the molecule is NCCNS(=O)(=O)c1ccc(-c2cnc3cc[nH]c3c2)c(C2NNNN2)c1S(N)(=O)=O. The van der Waals surface area contributed by atoms with Gasteiger partial charge >= 0.3 is 0 Å². The Balaban J connectivity index is 2.02. The number of hydrogen-bond acceptors (Lipinski definition) is 10. The van der Waals surface area contributed by atoms with Crippen LogP contribution in [0, 0.1) is 0 Å². The Kier molecular flexibility index (Phi) is 5.77. The number of nitrogens with zero attached hydrogens (tertiary/aromatic N) is 1. The first-order valence-corrected chi connectivity index (χ1v) is 12.1. The van der Waals surface area contributed by atoms with Crippen molar-refractivity contribution in [2.45, 2.75) is 16.0 Å². The molecule has 0 radical (unpaired) electrons. The first kappa shape index (κ1) is 21.8. The highest BCUT2D eigenvalue weighted by Crippen LogP contribution is 2.37. The van der Waals surface area contributed by atoms with E-state index in [1.807, 2.05) is 0 Å². The zero-order valence-corrected chi connectivity index (χ0v) is 17.6. The van der Waals surface area contributed by atoms with Gasteiger partial charge in [-0.3, -0.25) is 4.98 Å². The molecule has 3 aromatic rings. The largest absolute Gasteiger partial charge is 0.360 e. The van der Waals surface area contributed by atoms with Crippen LogP contribution in [0.2, 0.25) is 0 Å². The third kappa shape index (κ3) is 4.18. The zero-order chi connectivity index (χ0) is 22.2. The molecule has 1 fully saturated rings. The van der Waals surface area contributed by atoms with Gasteiger partial charge in [-0.25, -0.2) is 37.5 Å². The van der Waals surface area contributed by atoms with E-state index >= 15 is 0 Å². The minimum atomic E-state index is -4.49. The van der Waals surface area contributed by atoms with Crippen LogP contribution in [0.5, 0.6) is 0 Å². The average molecular weight is 468 g/mol. The molecular weight excluding hydrogens is 446 g/mol. The predicted molar refractivity (Wildman–Crippen MR) is 112 cm³/mol. The number of rotatable bonds is 7. The van der Waals surface area contributed by atoms with Gasteiger partial charge in [0.05, 0.1) is 11.0 Å². The van der Waals surface area contributed by atoms with E-state index in [9.17, 15) is 16.8 Å². The van der Waals surface area contributed by atoms with Gasteiger partial charge in [-0.15, -0.1) is 0 Å². The Morgan fingerprint density at radius 2 is 1.84 bits per heavy atom. The second-order valence-electron chi connectivity index (χ2n) is 6.69. The van der Waals surface area contributed by atoms with Gasteiger partial charge in [0.25, 0.3) is 0 Å². The molecule has 166 valence electrons. The molecule has 0 saturated carbocycles. The van der Waals surface area contributed by atoms with Gasteiger partial charge in [-0.2, -0.15) is 11.1 Å². The summed E-state index contributed by atoms with van der Waals surface area (Å²) in [6.07, 6.45) is 2.45. The summed E-state index contributed by atoms with van der Waals surface area (Å²) in [5.41, 5.74) is 18.7. The number of fused-ring (bicyclic) bond motifs is 1. The van der Waals surface area contributed by atoms with Crippen LogP contribution in [0.15, 0.2) is 46.5 Å². The Labute approximate surface area is 178 Å². The number of H-pyrrole nitrogens is 1. The molecule has 4 rings (SSSR count). The quantitative estimate of drug-likeness (QED) is 0.196. The van der Waals surface area contributed by atoms with E-state index in [2.05, 4.69) is 36.6 Å². The Bertz CT molecular complexity index is 1330. The van der Waals surface area contributed by atoms with Gasteiger partial charge in [0, 0.05) is 36.6 Å². The molecule has 0 bridgehead atoms. The molecular formula is C16H21N9O4S2. The summed E-state index contributed by atoms with van der Waals surface area (Å²) in [7, 11) is -8.71. The number of aromatic amines is 1. The van der Waals surface area contributed by atoms with Crippen molar-refractivity contribution < 1.29 is 16.8 Å². The van der Waals surface area contributed by atoms with E-state index in [-0.39, 0.29) is 18.7 Å². The molecule has 0 aliphatic carbocycles. The first-order chi connectivity index (χ1) is 14.7. The number of nitrogens with one attached hydrogen (secondary N) is 6. The van der Waals surface area contributed by atoms with Gasteiger partial charge in [0.15, 0.2) is 0 Å². The topological polar surface area (TPSA) is 209 Å². The lowest BCUT2D eigenvalue weighted by Gasteiger charge is -2.21.